The van der Waals surface area contributed by atoms with Crippen LogP contribution in [-0.4, -0.2) is 58.5 Å². The fourth-order valence-corrected chi connectivity index (χ4v) is 3.53. The molecule has 0 aromatic heterocycles. The second kappa shape index (κ2) is 6.23. The summed E-state index contributed by atoms with van der Waals surface area (Å²) in [7, 11) is 0. The molecule has 0 aromatic carbocycles. The van der Waals surface area contributed by atoms with Crippen LogP contribution in [0.4, 0.5) is 0 Å². The topological polar surface area (TPSA) is 70.0 Å². The summed E-state index contributed by atoms with van der Waals surface area (Å²) in [4.78, 5) is 14.0. The van der Waals surface area contributed by atoms with E-state index in [-0.39, 0.29) is 11.8 Å². The van der Waals surface area contributed by atoms with Gasteiger partial charge in [-0.3, -0.25) is 4.79 Å². The molecule has 0 spiro atoms. The van der Waals surface area contributed by atoms with E-state index in [4.69, 9.17) is 4.74 Å². The minimum absolute atomic E-state index is 0.0870. The van der Waals surface area contributed by atoms with Gasteiger partial charge in [-0.25, -0.2) is 0 Å². The third-order valence-electron chi connectivity index (χ3n) is 4.81. The number of carbonyl (C=O) groups excluding carboxylic acids is 1. The van der Waals surface area contributed by atoms with Gasteiger partial charge in [0.1, 0.15) is 11.7 Å². The first-order valence-electron chi connectivity index (χ1n) is 8.01. The van der Waals surface area contributed by atoms with E-state index >= 15 is 0 Å². The van der Waals surface area contributed by atoms with Crippen LogP contribution < -0.4 is 0 Å². The van der Waals surface area contributed by atoms with Crippen LogP contribution in [0.2, 0.25) is 0 Å². The lowest BCUT2D eigenvalue weighted by atomic mass is 9.85. The molecule has 0 radical (unpaired) electrons. The maximum Gasteiger partial charge on any atom is 0.223 e. The predicted octanol–water partition coefficient (Wildman–Crippen LogP) is 1.03. The fourth-order valence-electron chi connectivity index (χ4n) is 3.53. The first-order valence-corrected chi connectivity index (χ1v) is 8.01. The standard InChI is InChI=1S/C16H29NO4/c1-10(2)5-12-6-13(18)17(7-12)9-16(4)15(20)14(19)11(3)8-21-16/h10-12,14-15,19-20H,5-9H2,1-4H3/t11?,12-,14?,15?,16?/m1/s1. The van der Waals surface area contributed by atoms with Crippen molar-refractivity contribution in [2.45, 2.75) is 58.3 Å². The average molecular weight is 299 g/mol. The van der Waals surface area contributed by atoms with E-state index in [0.29, 0.717) is 31.4 Å². The number of nitrogens with zero attached hydrogens (tertiary/aromatic N) is 1. The Morgan fingerprint density at radius 2 is 2.10 bits per heavy atom. The summed E-state index contributed by atoms with van der Waals surface area (Å²) in [6.07, 6.45) is -0.128. The van der Waals surface area contributed by atoms with E-state index in [9.17, 15) is 15.0 Å². The summed E-state index contributed by atoms with van der Waals surface area (Å²) < 4.78 is 5.78. The highest BCUT2D eigenvalue weighted by molar-refractivity contribution is 5.78. The molecule has 2 aliphatic heterocycles. The van der Waals surface area contributed by atoms with Gasteiger partial charge in [-0.2, -0.15) is 0 Å². The Balaban J connectivity index is 1.99. The highest BCUT2D eigenvalue weighted by Gasteiger charge is 2.47. The molecule has 1 amide bonds. The molecule has 0 saturated carbocycles. The smallest absolute Gasteiger partial charge is 0.223 e. The molecule has 2 heterocycles. The maximum absolute atomic E-state index is 12.2. The van der Waals surface area contributed by atoms with Crippen LogP contribution in [0.5, 0.6) is 0 Å². The SMILES string of the molecule is CC(C)C[C@@H]1CC(=O)N(CC2(C)OCC(C)C(O)C2O)C1. The van der Waals surface area contributed by atoms with Crippen LogP contribution in [0.3, 0.4) is 0 Å². The lowest BCUT2D eigenvalue weighted by Gasteiger charge is -2.45. The summed E-state index contributed by atoms with van der Waals surface area (Å²) in [5.41, 5.74) is -0.881. The van der Waals surface area contributed by atoms with E-state index in [1.807, 2.05) is 6.92 Å². The van der Waals surface area contributed by atoms with Crippen molar-refractivity contribution in [3.8, 4) is 0 Å². The summed E-state index contributed by atoms with van der Waals surface area (Å²) >= 11 is 0. The number of ether oxygens (including phenoxy) is 1. The Labute approximate surface area is 127 Å². The second-order valence-corrected chi connectivity index (χ2v) is 7.51. The summed E-state index contributed by atoms with van der Waals surface area (Å²) in [6.45, 7) is 9.47. The number of hydrogen-bond acceptors (Lipinski definition) is 4. The number of aliphatic hydroxyl groups excluding tert-OH is 2. The van der Waals surface area contributed by atoms with Gasteiger partial charge in [0.25, 0.3) is 0 Å². The van der Waals surface area contributed by atoms with E-state index < -0.39 is 17.8 Å². The van der Waals surface area contributed by atoms with Crippen molar-refractivity contribution in [2.75, 3.05) is 19.7 Å². The lowest BCUT2D eigenvalue weighted by molar-refractivity contribution is -0.215. The van der Waals surface area contributed by atoms with Gasteiger partial charge < -0.3 is 19.8 Å². The van der Waals surface area contributed by atoms with E-state index in [2.05, 4.69) is 13.8 Å². The van der Waals surface area contributed by atoms with E-state index in [0.717, 1.165) is 13.0 Å². The highest BCUT2D eigenvalue weighted by atomic mass is 16.5. The molecule has 0 bridgehead atoms. The number of likely N-dealkylation sites (tertiary alicyclic amines) is 1. The third-order valence-corrected chi connectivity index (χ3v) is 4.81. The molecule has 2 N–H and O–H groups in total. The summed E-state index contributed by atoms with van der Waals surface area (Å²) in [6, 6.07) is 0. The Kier molecular flexibility index (Phi) is 4.96. The van der Waals surface area contributed by atoms with Crippen molar-refractivity contribution >= 4 is 5.91 Å². The van der Waals surface area contributed by atoms with Gasteiger partial charge in [-0.15, -0.1) is 0 Å². The Morgan fingerprint density at radius 1 is 1.43 bits per heavy atom. The Hall–Kier alpha value is -0.650. The first-order chi connectivity index (χ1) is 9.73. The predicted molar refractivity (Wildman–Crippen MR) is 79.7 cm³/mol. The Bertz CT molecular complexity index is 386. The molecule has 21 heavy (non-hydrogen) atoms. The molecule has 5 nitrogen and oxygen atoms in total. The number of carbonyl (C=O) groups is 1. The van der Waals surface area contributed by atoms with Crippen LogP contribution in [0.15, 0.2) is 0 Å². The molecule has 2 fully saturated rings. The van der Waals surface area contributed by atoms with Crippen molar-refractivity contribution in [1.82, 2.24) is 4.90 Å². The molecule has 122 valence electrons. The van der Waals surface area contributed by atoms with Crippen molar-refractivity contribution in [2.24, 2.45) is 17.8 Å². The van der Waals surface area contributed by atoms with E-state index in [1.54, 1.807) is 11.8 Å². The summed E-state index contributed by atoms with van der Waals surface area (Å²) in [5.74, 6) is 1.02. The van der Waals surface area contributed by atoms with Gasteiger partial charge in [-0.05, 0) is 25.2 Å². The summed E-state index contributed by atoms with van der Waals surface area (Å²) in [5, 5.41) is 20.4. The molecular formula is C16H29NO4. The highest BCUT2D eigenvalue weighted by Crippen LogP contribution is 2.32. The quantitative estimate of drug-likeness (QED) is 0.813. The number of rotatable bonds is 4. The third kappa shape index (κ3) is 3.58. The minimum atomic E-state index is -0.960. The monoisotopic (exact) mass is 299 g/mol. The molecule has 5 heteroatoms. The van der Waals surface area contributed by atoms with Crippen LogP contribution >= 0.6 is 0 Å². The maximum atomic E-state index is 12.2. The lowest BCUT2D eigenvalue weighted by Crippen LogP contribution is -2.61. The van der Waals surface area contributed by atoms with Crippen molar-refractivity contribution in [1.29, 1.82) is 0 Å². The molecule has 5 atom stereocenters. The van der Waals surface area contributed by atoms with Crippen LogP contribution in [0.25, 0.3) is 0 Å². The molecule has 0 aromatic rings. The van der Waals surface area contributed by atoms with Crippen LogP contribution in [-0.2, 0) is 9.53 Å². The molecular weight excluding hydrogens is 270 g/mol. The number of amides is 1. The van der Waals surface area contributed by atoms with Gasteiger partial charge >= 0.3 is 0 Å². The van der Waals surface area contributed by atoms with Crippen LogP contribution in [0, 0.1) is 17.8 Å². The molecule has 2 rings (SSSR count). The Morgan fingerprint density at radius 3 is 2.71 bits per heavy atom. The van der Waals surface area contributed by atoms with E-state index in [1.165, 1.54) is 0 Å². The van der Waals surface area contributed by atoms with Crippen LogP contribution in [0.1, 0.15) is 40.5 Å². The van der Waals surface area contributed by atoms with Crippen molar-refractivity contribution in [3.05, 3.63) is 0 Å². The molecule has 0 aliphatic carbocycles. The average Bonchev–Trinajstić information content (AvgIpc) is 2.71. The van der Waals surface area contributed by atoms with Gasteiger partial charge in [0.2, 0.25) is 5.91 Å². The fraction of sp³-hybridized carbons (Fsp3) is 0.938. The zero-order chi connectivity index (χ0) is 15.8. The first kappa shape index (κ1) is 16.7. The number of aliphatic hydroxyl groups is 2. The van der Waals surface area contributed by atoms with Crippen molar-refractivity contribution < 1.29 is 19.7 Å². The van der Waals surface area contributed by atoms with Crippen molar-refractivity contribution in [3.63, 3.8) is 0 Å². The van der Waals surface area contributed by atoms with Gasteiger partial charge in [0.15, 0.2) is 0 Å². The molecule has 2 aliphatic rings. The minimum Gasteiger partial charge on any atom is -0.390 e. The zero-order valence-electron chi connectivity index (χ0n) is 13.6. The van der Waals surface area contributed by atoms with Gasteiger partial charge in [0, 0.05) is 18.9 Å². The second-order valence-electron chi connectivity index (χ2n) is 7.51. The number of hydrogen-bond donors (Lipinski definition) is 2. The molecule has 4 unspecified atom stereocenters. The van der Waals surface area contributed by atoms with Gasteiger partial charge in [-0.1, -0.05) is 20.8 Å². The zero-order valence-corrected chi connectivity index (χ0v) is 13.6. The van der Waals surface area contributed by atoms with Gasteiger partial charge in [0.05, 0.1) is 19.3 Å². The largest absolute Gasteiger partial charge is 0.390 e. The molecule has 2 saturated heterocycles. The normalized spacial score (nSPS) is 41.1.